The molecule has 0 saturated heterocycles. The van der Waals surface area contributed by atoms with E-state index >= 15 is 0 Å². The van der Waals surface area contributed by atoms with Crippen LogP contribution in [0.25, 0.3) is 0 Å². The van der Waals surface area contributed by atoms with E-state index in [-0.39, 0.29) is 11.4 Å². The molecule has 4 N–H and O–H groups in total. The topological polar surface area (TPSA) is 76.4 Å². The molecule has 0 rings (SSSR count). The summed E-state index contributed by atoms with van der Waals surface area (Å²) in [5.74, 6) is 4.91. The van der Waals surface area contributed by atoms with Crippen molar-refractivity contribution >= 4 is 6.03 Å². The van der Waals surface area contributed by atoms with Crippen LogP contribution in [-0.2, 0) is 4.74 Å². The van der Waals surface area contributed by atoms with E-state index in [9.17, 15) is 4.79 Å². The highest BCUT2D eigenvalue weighted by Crippen LogP contribution is 2.18. The Morgan fingerprint density at radius 1 is 1.54 bits per heavy atom. The van der Waals surface area contributed by atoms with Crippen molar-refractivity contribution in [1.29, 1.82) is 0 Å². The van der Waals surface area contributed by atoms with Crippen LogP contribution in [0.15, 0.2) is 0 Å². The lowest BCUT2D eigenvalue weighted by Crippen LogP contribution is -2.43. The average Bonchev–Trinajstić information content (AvgIpc) is 2.11. The summed E-state index contributed by atoms with van der Waals surface area (Å²) in [4.78, 5) is 10.8. The van der Waals surface area contributed by atoms with Crippen molar-refractivity contribution in [3.63, 3.8) is 0 Å². The second-order valence-electron chi connectivity index (χ2n) is 3.73. The summed E-state index contributed by atoms with van der Waals surface area (Å²) in [6.07, 6.45) is 0.897. The molecule has 5 nitrogen and oxygen atoms in total. The van der Waals surface area contributed by atoms with Gasteiger partial charge in [-0.15, -0.1) is 0 Å². The lowest BCUT2D eigenvalue weighted by molar-refractivity contribution is 0.151. The first-order valence-corrected chi connectivity index (χ1v) is 4.25. The minimum Gasteiger partial charge on any atom is -0.385 e. The molecule has 0 saturated carbocycles. The average molecular weight is 189 g/mol. The highest BCUT2D eigenvalue weighted by atomic mass is 16.5. The van der Waals surface area contributed by atoms with Crippen LogP contribution >= 0.6 is 0 Å². The van der Waals surface area contributed by atoms with Crippen LogP contribution in [-0.4, -0.2) is 26.3 Å². The third kappa shape index (κ3) is 6.36. The van der Waals surface area contributed by atoms with Crippen molar-refractivity contribution in [3.8, 4) is 0 Å². The molecule has 0 aliphatic rings. The second kappa shape index (κ2) is 5.77. The zero-order valence-electron chi connectivity index (χ0n) is 8.52. The Hall–Kier alpha value is -0.810. The molecule has 5 heteroatoms. The van der Waals surface area contributed by atoms with E-state index in [1.54, 1.807) is 7.11 Å². The molecule has 0 spiro atoms. The normalized spacial score (nSPS) is 11.1. The van der Waals surface area contributed by atoms with Crippen molar-refractivity contribution in [2.45, 2.75) is 20.3 Å². The first-order chi connectivity index (χ1) is 6.02. The number of hydrogen-bond donors (Lipinski definition) is 3. The predicted octanol–water partition coefficient (Wildman–Crippen LogP) is 0.222. The van der Waals surface area contributed by atoms with Crippen molar-refractivity contribution in [2.24, 2.45) is 11.3 Å². The van der Waals surface area contributed by atoms with Crippen LogP contribution < -0.4 is 16.6 Å². The molecule has 0 aromatic heterocycles. The fourth-order valence-corrected chi connectivity index (χ4v) is 0.837. The van der Waals surface area contributed by atoms with E-state index in [0.29, 0.717) is 13.2 Å². The maximum absolute atomic E-state index is 10.8. The Kier molecular flexibility index (Phi) is 5.41. The quantitative estimate of drug-likeness (QED) is 0.329. The zero-order chi connectivity index (χ0) is 10.3. The van der Waals surface area contributed by atoms with E-state index in [1.807, 2.05) is 5.43 Å². The minimum absolute atomic E-state index is 0.0303. The Bertz CT molecular complexity index is 159. The Morgan fingerprint density at radius 3 is 2.62 bits per heavy atom. The summed E-state index contributed by atoms with van der Waals surface area (Å²) < 4.78 is 4.96. The summed E-state index contributed by atoms with van der Waals surface area (Å²) in [5.41, 5.74) is 2.04. The summed E-state index contributed by atoms with van der Waals surface area (Å²) in [5, 5.41) is 2.65. The van der Waals surface area contributed by atoms with Gasteiger partial charge in [0.05, 0.1) is 0 Å². The van der Waals surface area contributed by atoms with Gasteiger partial charge in [0.2, 0.25) is 0 Å². The number of urea groups is 1. The standard InChI is InChI=1S/C8H19N3O2/c1-8(2,4-5-13-3)6-10-7(12)11-9/h4-6,9H2,1-3H3,(H2,10,11,12). The highest BCUT2D eigenvalue weighted by Gasteiger charge is 2.17. The Labute approximate surface area is 79.0 Å². The molecule has 0 fully saturated rings. The van der Waals surface area contributed by atoms with Crippen LogP contribution in [0.3, 0.4) is 0 Å². The van der Waals surface area contributed by atoms with E-state index in [4.69, 9.17) is 10.6 Å². The smallest absolute Gasteiger partial charge is 0.328 e. The first kappa shape index (κ1) is 12.2. The van der Waals surface area contributed by atoms with Crippen LogP contribution in [0.4, 0.5) is 4.79 Å². The number of ether oxygens (including phenoxy) is 1. The molecule has 0 bridgehead atoms. The molecule has 0 aromatic rings. The number of carbonyl (C=O) groups is 1. The van der Waals surface area contributed by atoms with Gasteiger partial charge in [-0.3, -0.25) is 5.43 Å². The van der Waals surface area contributed by atoms with Crippen LogP contribution in [0.1, 0.15) is 20.3 Å². The van der Waals surface area contributed by atoms with Gasteiger partial charge in [0.25, 0.3) is 0 Å². The van der Waals surface area contributed by atoms with Gasteiger partial charge in [-0.2, -0.15) is 0 Å². The van der Waals surface area contributed by atoms with E-state index in [2.05, 4.69) is 19.2 Å². The molecular weight excluding hydrogens is 170 g/mol. The molecule has 0 radical (unpaired) electrons. The van der Waals surface area contributed by atoms with E-state index in [0.717, 1.165) is 6.42 Å². The number of methoxy groups -OCH3 is 1. The lowest BCUT2D eigenvalue weighted by Gasteiger charge is -2.24. The predicted molar refractivity (Wildman–Crippen MR) is 51.0 cm³/mol. The van der Waals surface area contributed by atoms with Crippen molar-refractivity contribution in [3.05, 3.63) is 0 Å². The largest absolute Gasteiger partial charge is 0.385 e. The molecule has 0 unspecified atom stereocenters. The number of hydrogen-bond acceptors (Lipinski definition) is 3. The van der Waals surface area contributed by atoms with Gasteiger partial charge in [-0.1, -0.05) is 13.8 Å². The molecule has 2 amide bonds. The zero-order valence-corrected chi connectivity index (χ0v) is 8.52. The summed E-state index contributed by atoms with van der Waals surface area (Å²) in [6.45, 7) is 5.39. The number of rotatable bonds is 5. The molecule has 0 heterocycles. The van der Waals surface area contributed by atoms with Gasteiger partial charge in [0.15, 0.2) is 0 Å². The summed E-state index contributed by atoms with van der Waals surface area (Å²) >= 11 is 0. The van der Waals surface area contributed by atoms with Gasteiger partial charge in [-0.25, -0.2) is 10.6 Å². The SMILES string of the molecule is COCCC(C)(C)CNC(=O)NN. The third-order valence-electron chi connectivity index (χ3n) is 1.84. The van der Waals surface area contributed by atoms with Crippen LogP contribution in [0, 0.1) is 5.41 Å². The molecule has 0 aliphatic heterocycles. The summed E-state index contributed by atoms with van der Waals surface area (Å²) in [6, 6.07) is -0.356. The lowest BCUT2D eigenvalue weighted by atomic mass is 9.90. The highest BCUT2D eigenvalue weighted by molar-refractivity contribution is 5.73. The maximum Gasteiger partial charge on any atom is 0.328 e. The molecule has 0 atom stereocenters. The van der Waals surface area contributed by atoms with Crippen molar-refractivity contribution in [1.82, 2.24) is 10.7 Å². The van der Waals surface area contributed by atoms with Crippen molar-refractivity contribution < 1.29 is 9.53 Å². The van der Waals surface area contributed by atoms with Gasteiger partial charge >= 0.3 is 6.03 Å². The Morgan fingerprint density at radius 2 is 2.15 bits per heavy atom. The number of amides is 2. The molecular formula is C8H19N3O2. The number of carbonyl (C=O) groups excluding carboxylic acids is 1. The van der Waals surface area contributed by atoms with Gasteiger partial charge in [0, 0.05) is 20.3 Å². The Balaban J connectivity index is 3.67. The number of hydrazine groups is 1. The van der Waals surface area contributed by atoms with E-state index in [1.165, 1.54) is 0 Å². The third-order valence-corrected chi connectivity index (χ3v) is 1.84. The fourth-order valence-electron chi connectivity index (χ4n) is 0.837. The fraction of sp³-hybridized carbons (Fsp3) is 0.875. The maximum atomic E-state index is 10.8. The molecule has 0 aromatic carbocycles. The second-order valence-corrected chi connectivity index (χ2v) is 3.73. The monoisotopic (exact) mass is 189 g/mol. The first-order valence-electron chi connectivity index (χ1n) is 4.25. The van der Waals surface area contributed by atoms with Crippen LogP contribution in [0.5, 0.6) is 0 Å². The number of nitrogens with one attached hydrogen (secondary N) is 2. The minimum atomic E-state index is -0.356. The van der Waals surface area contributed by atoms with Crippen molar-refractivity contribution in [2.75, 3.05) is 20.3 Å². The van der Waals surface area contributed by atoms with Crippen LogP contribution in [0.2, 0.25) is 0 Å². The van der Waals surface area contributed by atoms with E-state index < -0.39 is 0 Å². The molecule has 13 heavy (non-hydrogen) atoms. The number of nitrogens with two attached hydrogens (primary N) is 1. The summed E-state index contributed by atoms with van der Waals surface area (Å²) in [7, 11) is 1.66. The van der Waals surface area contributed by atoms with Gasteiger partial charge < -0.3 is 10.1 Å². The van der Waals surface area contributed by atoms with Gasteiger partial charge in [-0.05, 0) is 11.8 Å². The molecule has 78 valence electrons. The molecule has 0 aliphatic carbocycles. The van der Waals surface area contributed by atoms with Gasteiger partial charge in [0.1, 0.15) is 0 Å².